The lowest BCUT2D eigenvalue weighted by molar-refractivity contribution is -0.115. The van der Waals surface area contributed by atoms with E-state index in [0.29, 0.717) is 6.42 Å². The number of carbonyl (C=O) groups excluding carboxylic acids is 1. The maximum atomic E-state index is 12.6. The summed E-state index contributed by atoms with van der Waals surface area (Å²) in [6.45, 7) is 3.06. The summed E-state index contributed by atoms with van der Waals surface area (Å²) in [5, 5.41) is 6.40. The predicted octanol–water partition coefficient (Wildman–Crippen LogP) is 4.87. The summed E-state index contributed by atoms with van der Waals surface area (Å²) >= 11 is 0. The molecule has 0 aliphatic carbocycles. The minimum atomic E-state index is -0.0386. The van der Waals surface area contributed by atoms with E-state index in [4.69, 9.17) is 0 Å². The van der Waals surface area contributed by atoms with Crippen LogP contribution in [0, 0.1) is 0 Å². The van der Waals surface area contributed by atoms with E-state index in [2.05, 4.69) is 63.2 Å². The molecule has 0 atom stereocenters. The summed E-state index contributed by atoms with van der Waals surface area (Å²) < 4.78 is 2.30. The van der Waals surface area contributed by atoms with Crippen molar-refractivity contribution in [1.29, 1.82) is 0 Å². The van der Waals surface area contributed by atoms with Gasteiger partial charge in [-0.25, -0.2) is 4.98 Å². The zero-order chi connectivity index (χ0) is 19.1. The van der Waals surface area contributed by atoms with Gasteiger partial charge in [0.25, 0.3) is 0 Å². The van der Waals surface area contributed by atoms with Gasteiger partial charge in [0.1, 0.15) is 5.65 Å². The van der Waals surface area contributed by atoms with E-state index < -0.39 is 0 Å². The minimum Gasteiger partial charge on any atom is -0.346 e. The van der Waals surface area contributed by atoms with Crippen LogP contribution in [0.25, 0.3) is 32.8 Å². The lowest BCUT2D eigenvalue weighted by Crippen LogP contribution is -2.14. The molecule has 2 aromatic carbocycles. The second-order valence-electron chi connectivity index (χ2n) is 6.93. The summed E-state index contributed by atoms with van der Waals surface area (Å²) in [7, 11) is 0. The van der Waals surface area contributed by atoms with E-state index in [-0.39, 0.29) is 5.91 Å². The monoisotopic (exact) mass is 368 g/mol. The molecule has 0 saturated heterocycles. The number of nitrogens with zero attached hydrogens (tertiary/aromatic N) is 2. The van der Waals surface area contributed by atoms with Gasteiger partial charge in [-0.1, -0.05) is 18.2 Å². The number of nitrogens with one attached hydrogen (secondary N) is 2. The van der Waals surface area contributed by atoms with Gasteiger partial charge in [-0.3, -0.25) is 4.79 Å². The second-order valence-corrected chi connectivity index (χ2v) is 6.93. The third kappa shape index (κ3) is 2.63. The highest BCUT2D eigenvalue weighted by atomic mass is 16.1. The summed E-state index contributed by atoms with van der Waals surface area (Å²) in [5.74, 6) is -0.0386. The van der Waals surface area contributed by atoms with Gasteiger partial charge in [0.15, 0.2) is 0 Å². The van der Waals surface area contributed by atoms with E-state index in [0.717, 1.165) is 34.2 Å². The van der Waals surface area contributed by atoms with Gasteiger partial charge in [0.05, 0.1) is 6.42 Å². The van der Waals surface area contributed by atoms with Gasteiger partial charge in [0, 0.05) is 51.8 Å². The van der Waals surface area contributed by atoms with Crippen molar-refractivity contribution in [2.45, 2.75) is 19.9 Å². The molecule has 0 aliphatic heterocycles. The highest BCUT2D eigenvalue weighted by Gasteiger charge is 2.12. The number of hydrogen-bond acceptors (Lipinski definition) is 2. The lowest BCUT2D eigenvalue weighted by atomic mass is 10.1. The number of anilines is 1. The fourth-order valence-electron chi connectivity index (χ4n) is 4.01. The molecule has 3 aromatic heterocycles. The van der Waals surface area contributed by atoms with E-state index in [1.54, 1.807) is 6.20 Å². The fourth-order valence-corrected chi connectivity index (χ4v) is 4.01. The maximum absolute atomic E-state index is 12.6. The zero-order valence-corrected chi connectivity index (χ0v) is 15.6. The van der Waals surface area contributed by atoms with Gasteiger partial charge >= 0.3 is 0 Å². The first-order chi connectivity index (χ1) is 13.7. The Balaban J connectivity index is 1.46. The quantitative estimate of drug-likeness (QED) is 0.475. The average Bonchev–Trinajstić information content (AvgIpc) is 3.27. The summed E-state index contributed by atoms with van der Waals surface area (Å²) in [5.41, 5.74) is 4.97. The van der Waals surface area contributed by atoms with Crippen molar-refractivity contribution in [3.05, 3.63) is 72.6 Å². The standard InChI is InChI=1S/C23H20N4O/c1-2-27-20-8-4-3-6-18(20)19-13-16(9-10-21(19)27)26-22(28)12-15-14-25-23-17(15)7-5-11-24-23/h3-11,13-14H,2,12H2,1H3,(H,24,25)(H,26,28). The zero-order valence-electron chi connectivity index (χ0n) is 15.6. The highest BCUT2D eigenvalue weighted by Crippen LogP contribution is 2.31. The maximum Gasteiger partial charge on any atom is 0.228 e. The Morgan fingerprint density at radius 2 is 1.86 bits per heavy atom. The van der Waals surface area contributed by atoms with Crippen LogP contribution < -0.4 is 5.32 Å². The van der Waals surface area contributed by atoms with Crippen molar-refractivity contribution in [3.8, 4) is 0 Å². The summed E-state index contributed by atoms with van der Waals surface area (Å²) in [6, 6.07) is 18.4. The van der Waals surface area contributed by atoms with Gasteiger partial charge in [0.2, 0.25) is 5.91 Å². The van der Waals surface area contributed by atoms with Crippen LogP contribution in [0.5, 0.6) is 0 Å². The van der Waals surface area contributed by atoms with Crippen LogP contribution in [0.3, 0.4) is 0 Å². The van der Waals surface area contributed by atoms with Crippen molar-refractivity contribution < 1.29 is 4.79 Å². The number of aromatic nitrogens is 3. The number of H-pyrrole nitrogens is 1. The van der Waals surface area contributed by atoms with E-state index in [1.807, 2.05) is 24.4 Å². The molecule has 2 N–H and O–H groups in total. The predicted molar refractivity (Wildman–Crippen MR) is 114 cm³/mol. The van der Waals surface area contributed by atoms with E-state index in [9.17, 15) is 4.79 Å². The van der Waals surface area contributed by atoms with Crippen LogP contribution in [0.2, 0.25) is 0 Å². The molecule has 3 heterocycles. The molecule has 5 aromatic rings. The number of fused-ring (bicyclic) bond motifs is 4. The highest BCUT2D eigenvalue weighted by molar-refractivity contribution is 6.10. The number of pyridine rings is 1. The van der Waals surface area contributed by atoms with Crippen LogP contribution in [0.1, 0.15) is 12.5 Å². The topological polar surface area (TPSA) is 62.7 Å². The first-order valence-corrected chi connectivity index (χ1v) is 9.46. The number of rotatable bonds is 4. The molecule has 0 bridgehead atoms. The summed E-state index contributed by atoms with van der Waals surface area (Å²) in [6.07, 6.45) is 3.90. The first-order valence-electron chi connectivity index (χ1n) is 9.46. The minimum absolute atomic E-state index is 0.0386. The molecule has 0 radical (unpaired) electrons. The van der Waals surface area contributed by atoms with E-state index in [1.165, 1.54) is 16.4 Å². The number of aryl methyl sites for hydroxylation is 1. The molecule has 5 heteroatoms. The Morgan fingerprint density at radius 3 is 2.75 bits per heavy atom. The van der Waals surface area contributed by atoms with Crippen molar-refractivity contribution in [2.24, 2.45) is 0 Å². The smallest absolute Gasteiger partial charge is 0.228 e. The molecular formula is C23H20N4O. The van der Waals surface area contributed by atoms with Crippen LogP contribution in [-0.2, 0) is 17.8 Å². The number of hydrogen-bond donors (Lipinski definition) is 2. The number of amides is 1. The largest absolute Gasteiger partial charge is 0.346 e. The number of para-hydroxylation sites is 1. The van der Waals surface area contributed by atoms with Crippen molar-refractivity contribution in [2.75, 3.05) is 5.32 Å². The Morgan fingerprint density at radius 1 is 1.04 bits per heavy atom. The van der Waals surface area contributed by atoms with Crippen LogP contribution in [0.15, 0.2) is 67.0 Å². The molecule has 0 unspecified atom stereocenters. The summed E-state index contributed by atoms with van der Waals surface area (Å²) in [4.78, 5) is 20.0. The lowest BCUT2D eigenvalue weighted by Gasteiger charge is -2.06. The Hall–Kier alpha value is -3.60. The molecule has 138 valence electrons. The fraction of sp³-hybridized carbons (Fsp3) is 0.130. The van der Waals surface area contributed by atoms with Crippen LogP contribution in [-0.4, -0.2) is 20.4 Å². The Kier molecular flexibility index (Phi) is 3.86. The number of aromatic amines is 1. The third-order valence-corrected chi connectivity index (χ3v) is 5.26. The van der Waals surface area contributed by atoms with Gasteiger partial charge < -0.3 is 14.9 Å². The molecule has 0 aliphatic rings. The van der Waals surface area contributed by atoms with Gasteiger partial charge in [-0.15, -0.1) is 0 Å². The molecule has 1 amide bonds. The third-order valence-electron chi connectivity index (χ3n) is 5.26. The van der Waals surface area contributed by atoms with Crippen molar-refractivity contribution in [3.63, 3.8) is 0 Å². The number of carbonyl (C=O) groups is 1. The molecule has 5 nitrogen and oxygen atoms in total. The van der Waals surface area contributed by atoms with Crippen LogP contribution in [0.4, 0.5) is 5.69 Å². The molecule has 0 fully saturated rings. The molecular weight excluding hydrogens is 348 g/mol. The normalized spacial score (nSPS) is 11.5. The average molecular weight is 368 g/mol. The molecule has 0 spiro atoms. The Labute approximate surface area is 162 Å². The number of benzene rings is 2. The van der Waals surface area contributed by atoms with E-state index >= 15 is 0 Å². The van der Waals surface area contributed by atoms with Gasteiger partial charge in [-0.2, -0.15) is 0 Å². The molecule has 5 rings (SSSR count). The van der Waals surface area contributed by atoms with Crippen molar-refractivity contribution in [1.82, 2.24) is 14.5 Å². The second kappa shape index (κ2) is 6.53. The van der Waals surface area contributed by atoms with Gasteiger partial charge in [-0.05, 0) is 48.9 Å². The van der Waals surface area contributed by atoms with Crippen LogP contribution >= 0.6 is 0 Å². The van der Waals surface area contributed by atoms with Crippen molar-refractivity contribution >= 4 is 44.4 Å². The Bertz CT molecular complexity index is 1330. The molecule has 0 saturated carbocycles. The SMILES string of the molecule is CCn1c2ccccc2c2cc(NC(=O)Cc3c[nH]c4ncccc34)ccc21. The molecule has 28 heavy (non-hydrogen) atoms. The first kappa shape index (κ1) is 16.6.